The monoisotopic (exact) mass is 358 g/mol. The van der Waals surface area contributed by atoms with Crippen molar-refractivity contribution in [2.45, 2.75) is 20.4 Å². The van der Waals surface area contributed by atoms with Crippen molar-refractivity contribution in [3.05, 3.63) is 83.6 Å². The van der Waals surface area contributed by atoms with Gasteiger partial charge < -0.3 is 13.7 Å². The molecule has 136 valence electrons. The predicted molar refractivity (Wildman–Crippen MR) is 109 cm³/mol. The van der Waals surface area contributed by atoms with Crippen LogP contribution in [0.1, 0.15) is 22.7 Å². The number of imidazole rings is 1. The first kappa shape index (κ1) is 17.2. The van der Waals surface area contributed by atoms with Gasteiger partial charge in [0.1, 0.15) is 23.9 Å². The summed E-state index contributed by atoms with van der Waals surface area (Å²) in [5.74, 6) is 2.66. The van der Waals surface area contributed by atoms with E-state index in [1.54, 1.807) is 6.26 Å². The molecule has 27 heavy (non-hydrogen) atoms. The molecule has 0 fully saturated rings. The van der Waals surface area contributed by atoms with E-state index < -0.39 is 0 Å². The number of hydrogen-bond acceptors (Lipinski definition) is 3. The van der Waals surface area contributed by atoms with Crippen LogP contribution in [-0.2, 0) is 6.54 Å². The van der Waals surface area contributed by atoms with E-state index in [1.165, 1.54) is 0 Å². The fourth-order valence-electron chi connectivity index (χ4n) is 3.26. The molecule has 0 aliphatic carbocycles. The van der Waals surface area contributed by atoms with Crippen molar-refractivity contribution in [2.75, 3.05) is 6.61 Å². The highest BCUT2D eigenvalue weighted by Crippen LogP contribution is 2.23. The molecular weight excluding hydrogens is 336 g/mol. The third-order valence-corrected chi connectivity index (χ3v) is 4.59. The number of hydrogen-bond donors (Lipinski definition) is 0. The second-order valence-corrected chi connectivity index (χ2v) is 6.53. The van der Waals surface area contributed by atoms with Gasteiger partial charge in [-0.2, -0.15) is 0 Å². The molecule has 2 aromatic heterocycles. The molecule has 0 atom stereocenters. The lowest BCUT2D eigenvalue weighted by atomic mass is 10.1. The minimum Gasteiger partial charge on any atom is -0.491 e. The van der Waals surface area contributed by atoms with E-state index in [4.69, 9.17) is 14.1 Å². The van der Waals surface area contributed by atoms with Crippen molar-refractivity contribution in [1.29, 1.82) is 0 Å². The molecule has 0 unspecified atom stereocenters. The Bertz CT molecular complexity index is 1050. The fourth-order valence-corrected chi connectivity index (χ4v) is 3.26. The number of rotatable bonds is 6. The van der Waals surface area contributed by atoms with Gasteiger partial charge in [-0.15, -0.1) is 0 Å². The number of nitrogens with zero attached hydrogens (tertiary/aromatic N) is 2. The first-order chi connectivity index (χ1) is 13.2. The standard InChI is InChI=1S/C23H22N2O2/c1-17-7-5-8-18(2)23(17)27-16-14-25-21-11-4-3-10-20(21)24-22(25)13-12-19-9-6-15-26-19/h3-13,15H,14,16H2,1-2H3/b13-12+. The molecular formula is C23H22N2O2. The van der Waals surface area contributed by atoms with Crippen molar-refractivity contribution in [3.63, 3.8) is 0 Å². The number of aromatic nitrogens is 2. The molecule has 4 nitrogen and oxygen atoms in total. The summed E-state index contributed by atoms with van der Waals surface area (Å²) in [5.41, 5.74) is 4.39. The number of furan rings is 1. The second-order valence-electron chi connectivity index (χ2n) is 6.53. The highest BCUT2D eigenvalue weighted by atomic mass is 16.5. The molecule has 4 rings (SSSR count). The van der Waals surface area contributed by atoms with E-state index in [2.05, 4.69) is 42.7 Å². The van der Waals surface area contributed by atoms with Crippen molar-refractivity contribution >= 4 is 23.2 Å². The maximum Gasteiger partial charge on any atom is 0.134 e. The van der Waals surface area contributed by atoms with Crippen LogP contribution in [0.15, 0.2) is 65.3 Å². The minimum atomic E-state index is 0.577. The Balaban J connectivity index is 1.59. The number of ether oxygens (including phenoxy) is 1. The Morgan fingerprint density at radius 2 is 1.78 bits per heavy atom. The van der Waals surface area contributed by atoms with Crippen LogP contribution in [0.5, 0.6) is 5.75 Å². The molecule has 0 amide bonds. The zero-order valence-corrected chi connectivity index (χ0v) is 15.6. The van der Waals surface area contributed by atoms with Crippen LogP contribution < -0.4 is 4.74 Å². The molecule has 0 spiro atoms. The molecule has 4 aromatic rings. The molecule has 0 saturated heterocycles. The Labute approximate surface area is 158 Å². The van der Waals surface area contributed by atoms with Gasteiger partial charge in [-0.1, -0.05) is 30.3 Å². The van der Waals surface area contributed by atoms with Crippen LogP contribution in [0.2, 0.25) is 0 Å². The Morgan fingerprint density at radius 1 is 0.963 bits per heavy atom. The van der Waals surface area contributed by atoms with Crippen LogP contribution >= 0.6 is 0 Å². The molecule has 0 N–H and O–H groups in total. The molecule has 2 aromatic carbocycles. The van der Waals surface area contributed by atoms with Crippen LogP contribution in [0.25, 0.3) is 23.2 Å². The maximum absolute atomic E-state index is 6.10. The van der Waals surface area contributed by atoms with E-state index in [9.17, 15) is 0 Å². The van der Waals surface area contributed by atoms with Gasteiger partial charge in [0, 0.05) is 0 Å². The van der Waals surface area contributed by atoms with Gasteiger partial charge in [-0.25, -0.2) is 4.98 Å². The Kier molecular flexibility index (Phi) is 4.79. The predicted octanol–water partition coefficient (Wildman–Crippen LogP) is 5.50. The van der Waals surface area contributed by atoms with Crippen LogP contribution in [0.3, 0.4) is 0 Å². The van der Waals surface area contributed by atoms with Crippen molar-refractivity contribution in [1.82, 2.24) is 9.55 Å². The van der Waals surface area contributed by atoms with Crippen molar-refractivity contribution in [2.24, 2.45) is 0 Å². The highest BCUT2D eigenvalue weighted by Gasteiger charge is 2.09. The van der Waals surface area contributed by atoms with Gasteiger partial charge in [0.05, 0.1) is 23.8 Å². The van der Waals surface area contributed by atoms with E-state index in [0.717, 1.165) is 39.5 Å². The summed E-state index contributed by atoms with van der Waals surface area (Å²) in [7, 11) is 0. The summed E-state index contributed by atoms with van der Waals surface area (Å²) < 4.78 is 13.7. The number of fused-ring (bicyclic) bond motifs is 1. The van der Waals surface area contributed by atoms with Crippen LogP contribution in [0, 0.1) is 13.8 Å². The lowest BCUT2D eigenvalue weighted by molar-refractivity contribution is 0.296. The third kappa shape index (κ3) is 3.65. The van der Waals surface area contributed by atoms with Crippen LogP contribution in [0.4, 0.5) is 0 Å². The van der Waals surface area contributed by atoms with Gasteiger partial charge in [-0.3, -0.25) is 0 Å². The van der Waals surface area contributed by atoms with E-state index >= 15 is 0 Å². The van der Waals surface area contributed by atoms with Gasteiger partial charge in [0.15, 0.2) is 0 Å². The summed E-state index contributed by atoms with van der Waals surface area (Å²) in [6, 6.07) is 18.2. The maximum atomic E-state index is 6.10. The number of para-hydroxylation sites is 3. The quantitative estimate of drug-likeness (QED) is 0.457. The first-order valence-corrected chi connectivity index (χ1v) is 9.08. The summed E-state index contributed by atoms with van der Waals surface area (Å²) in [6.45, 7) is 5.44. The molecule has 0 aliphatic heterocycles. The summed E-state index contributed by atoms with van der Waals surface area (Å²) in [6.07, 6.45) is 5.59. The molecule has 0 aliphatic rings. The zero-order valence-electron chi connectivity index (χ0n) is 15.6. The summed E-state index contributed by atoms with van der Waals surface area (Å²) in [4.78, 5) is 4.75. The largest absolute Gasteiger partial charge is 0.491 e. The molecule has 0 bridgehead atoms. The number of benzene rings is 2. The summed E-state index contributed by atoms with van der Waals surface area (Å²) >= 11 is 0. The summed E-state index contributed by atoms with van der Waals surface area (Å²) in [5, 5.41) is 0. The van der Waals surface area contributed by atoms with Gasteiger partial charge in [-0.05, 0) is 61.4 Å². The fraction of sp³-hybridized carbons (Fsp3) is 0.174. The third-order valence-electron chi connectivity index (χ3n) is 4.59. The molecule has 0 radical (unpaired) electrons. The average molecular weight is 358 g/mol. The molecule has 0 saturated carbocycles. The Hall–Kier alpha value is -3.27. The topological polar surface area (TPSA) is 40.2 Å². The second kappa shape index (κ2) is 7.54. The van der Waals surface area contributed by atoms with Crippen molar-refractivity contribution < 1.29 is 9.15 Å². The van der Waals surface area contributed by atoms with Crippen molar-refractivity contribution in [3.8, 4) is 5.75 Å². The first-order valence-electron chi connectivity index (χ1n) is 9.08. The molecule has 2 heterocycles. The van der Waals surface area contributed by atoms with E-state index in [0.29, 0.717) is 13.2 Å². The van der Waals surface area contributed by atoms with Gasteiger partial charge >= 0.3 is 0 Å². The lowest BCUT2D eigenvalue weighted by Gasteiger charge is -2.13. The highest BCUT2D eigenvalue weighted by molar-refractivity contribution is 5.79. The zero-order chi connectivity index (χ0) is 18.6. The Morgan fingerprint density at radius 3 is 2.56 bits per heavy atom. The SMILES string of the molecule is Cc1cccc(C)c1OCCn1c(/C=C/c2ccco2)nc2ccccc21. The smallest absolute Gasteiger partial charge is 0.134 e. The van der Waals surface area contributed by atoms with E-state index in [-0.39, 0.29) is 0 Å². The molecule has 4 heteroatoms. The number of aryl methyl sites for hydroxylation is 2. The van der Waals surface area contributed by atoms with Gasteiger partial charge in [0.25, 0.3) is 0 Å². The minimum absolute atomic E-state index is 0.577. The van der Waals surface area contributed by atoms with E-state index in [1.807, 2.05) is 42.5 Å². The normalized spacial score (nSPS) is 11.5. The van der Waals surface area contributed by atoms with Crippen LogP contribution in [-0.4, -0.2) is 16.2 Å². The van der Waals surface area contributed by atoms with Gasteiger partial charge in [0.2, 0.25) is 0 Å². The lowest BCUT2D eigenvalue weighted by Crippen LogP contribution is -2.10. The average Bonchev–Trinajstić information content (AvgIpc) is 3.30.